The minimum atomic E-state index is -0.0907. The van der Waals surface area contributed by atoms with E-state index in [0.29, 0.717) is 4.88 Å². The van der Waals surface area contributed by atoms with Crippen molar-refractivity contribution in [3.05, 3.63) is 49.0 Å². The Morgan fingerprint density at radius 3 is 2.65 bits per heavy atom. The number of halogens is 2. The summed E-state index contributed by atoms with van der Waals surface area (Å²) in [6.45, 7) is 1.99. The van der Waals surface area contributed by atoms with Crippen LogP contribution in [-0.4, -0.2) is 5.91 Å². The highest BCUT2D eigenvalue weighted by Gasteiger charge is 2.11. The number of hydrogen-bond donors (Lipinski definition) is 1. The monoisotopic (exact) mass is 373 g/mol. The van der Waals surface area contributed by atoms with Crippen LogP contribution in [0.1, 0.15) is 15.2 Å². The van der Waals surface area contributed by atoms with E-state index in [1.54, 1.807) is 6.07 Å². The third kappa shape index (κ3) is 2.97. The molecule has 0 radical (unpaired) electrons. The molecule has 0 aliphatic heterocycles. The summed E-state index contributed by atoms with van der Waals surface area (Å²) in [6.07, 6.45) is 0. The normalized spacial score (nSPS) is 10.3. The predicted molar refractivity (Wildman–Crippen MR) is 78.9 cm³/mol. The van der Waals surface area contributed by atoms with Crippen LogP contribution in [0, 0.1) is 6.92 Å². The molecule has 17 heavy (non-hydrogen) atoms. The van der Waals surface area contributed by atoms with Gasteiger partial charge < -0.3 is 5.32 Å². The van der Waals surface area contributed by atoms with E-state index in [2.05, 4.69) is 37.2 Å². The van der Waals surface area contributed by atoms with Crippen molar-refractivity contribution in [2.75, 3.05) is 5.32 Å². The molecule has 0 saturated heterocycles. The quantitative estimate of drug-likeness (QED) is 0.800. The van der Waals surface area contributed by atoms with Gasteiger partial charge in [0, 0.05) is 4.47 Å². The standard InChI is InChI=1S/C12H9Br2NOS/c1-7-3-2-4-8(11(7)14)15-12(16)9-5-6-10(13)17-9/h2-6H,1H3,(H,15,16). The van der Waals surface area contributed by atoms with Crippen LogP contribution in [0.15, 0.2) is 38.6 Å². The van der Waals surface area contributed by atoms with Gasteiger partial charge in [-0.2, -0.15) is 0 Å². The van der Waals surface area contributed by atoms with Crippen molar-refractivity contribution < 1.29 is 4.79 Å². The van der Waals surface area contributed by atoms with Gasteiger partial charge in [-0.25, -0.2) is 0 Å². The molecule has 1 N–H and O–H groups in total. The summed E-state index contributed by atoms with van der Waals surface area (Å²) in [4.78, 5) is 12.6. The zero-order chi connectivity index (χ0) is 12.4. The molecule has 0 aliphatic rings. The second kappa shape index (κ2) is 5.33. The third-order valence-electron chi connectivity index (χ3n) is 2.24. The smallest absolute Gasteiger partial charge is 0.265 e. The van der Waals surface area contributed by atoms with Gasteiger partial charge in [0.1, 0.15) is 0 Å². The molecule has 0 bridgehead atoms. The molecule has 0 atom stereocenters. The van der Waals surface area contributed by atoms with Crippen LogP contribution in [0.25, 0.3) is 0 Å². The summed E-state index contributed by atoms with van der Waals surface area (Å²) in [7, 11) is 0. The molecule has 88 valence electrons. The molecule has 1 aromatic heterocycles. The van der Waals surface area contributed by atoms with E-state index in [4.69, 9.17) is 0 Å². The SMILES string of the molecule is Cc1cccc(NC(=O)c2ccc(Br)s2)c1Br. The molecule has 2 nitrogen and oxygen atoms in total. The summed E-state index contributed by atoms with van der Waals surface area (Å²) >= 11 is 8.22. The van der Waals surface area contributed by atoms with Gasteiger partial charge in [0.15, 0.2) is 0 Å². The maximum absolute atomic E-state index is 11.9. The number of rotatable bonds is 2. The molecule has 1 heterocycles. The fourth-order valence-electron chi connectivity index (χ4n) is 1.36. The minimum Gasteiger partial charge on any atom is -0.320 e. The van der Waals surface area contributed by atoms with Crippen LogP contribution in [0.4, 0.5) is 5.69 Å². The number of carbonyl (C=O) groups excluding carboxylic acids is 1. The van der Waals surface area contributed by atoms with Crippen LogP contribution >= 0.6 is 43.2 Å². The van der Waals surface area contributed by atoms with Gasteiger partial charge in [0.2, 0.25) is 0 Å². The molecule has 0 aliphatic carbocycles. The zero-order valence-corrected chi connectivity index (χ0v) is 12.9. The summed E-state index contributed by atoms with van der Waals surface area (Å²) in [5.41, 5.74) is 1.88. The first-order valence-electron chi connectivity index (χ1n) is 4.90. The van der Waals surface area contributed by atoms with E-state index in [-0.39, 0.29) is 5.91 Å². The third-order valence-corrected chi connectivity index (χ3v) is 4.91. The van der Waals surface area contributed by atoms with E-state index in [1.165, 1.54) is 11.3 Å². The highest BCUT2D eigenvalue weighted by Crippen LogP contribution is 2.27. The summed E-state index contributed by atoms with van der Waals surface area (Å²) < 4.78 is 1.87. The molecule has 0 spiro atoms. The number of amides is 1. The van der Waals surface area contributed by atoms with E-state index < -0.39 is 0 Å². The highest BCUT2D eigenvalue weighted by atomic mass is 79.9. The fraction of sp³-hybridized carbons (Fsp3) is 0.0833. The lowest BCUT2D eigenvalue weighted by Crippen LogP contribution is -2.10. The topological polar surface area (TPSA) is 29.1 Å². The lowest BCUT2D eigenvalue weighted by Gasteiger charge is -2.07. The lowest BCUT2D eigenvalue weighted by molar-refractivity contribution is 0.103. The van der Waals surface area contributed by atoms with Crippen molar-refractivity contribution in [3.8, 4) is 0 Å². The molecule has 2 rings (SSSR count). The van der Waals surface area contributed by atoms with Crippen LogP contribution < -0.4 is 5.32 Å². The molecular weight excluding hydrogens is 366 g/mol. The predicted octanol–water partition coefficient (Wildman–Crippen LogP) is 4.83. The van der Waals surface area contributed by atoms with Crippen molar-refractivity contribution in [1.29, 1.82) is 0 Å². The van der Waals surface area contributed by atoms with Gasteiger partial charge in [0.05, 0.1) is 14.4 Å². The Morgan fingerprint density at radius 1 is 1.24 bits per heavy atom. The zero-order valence-electron chi connectivity index (χ0n) is 8.96. The number of thiophene rings is 1. The number of aryl methyl sites for hydroxylation is 1. The Balaban J connectivity index is 2.21. The second-order valence-corrected chi connectivity index (χ2v) is 6.75. The molecule has 1 amide bonds. The number of hydrogen-bond acceptors (Lipinski definition) is 2. The molecule has 0 fully saturated rings. The lowest BCUT2D eigenvalue weighted by atomic mass is 10.2. The van der Waals surface area contributed by atoms with Gasteiger partial charge >= 0.3 is 0 Å². The van der Waals surface area contributed by atoms with Gasteiger partial charge in [-0.3, -0.25) is 4.79 Å². The Morgan fingerprint density at radius 2 is 2.00 bits per heavy atom. The summed E-state index contributed by atoms with van der Waals surface area (Å²) in [6, 6.07) is 9.44. The largest absolute Gasteiger partial charge is 0.320 e. The Hall–Kier alpha value is -0.650. The van der Waals surface area contributed by atoms with Crippen molar-refractivity contribution in [3.63, 3.8) is 0 Å². The molecule has 2 aromatic rings. The Bertz CT molecular complexity index is 565. The van der Waals surface area contributed by atoms with E-state index in [1.807, 2.05) is 31.2 Å². The fourth-order valence-corrected chi connectivity index (χ4v) is 3.01. The Labute approximate surface area is 120 Å². The Kier molecular flexibility index (Phi) is 4.01. The average molecular weight is 375 g/mol. The van der Waals surface area contributed by atoms with E-state index >= 15 is 0 Å². The molecule has 0 unspecified atom stereocenters. The molecule has 5 heteroatoms. The van der Waals surface area contributed by atoms with Gasteiger partial charge in [0.25, 0.3) is 5.91 Å². The minimum absolute atomic E-state index is 0.0907. The maximum Gasteiger partial charge on any atom is 0.265 e. The van der Waals surface area contributed by atoms with Gasteiger partial charge in [-0.1, -0.05) is 12.1 Å². The number of nitrogens with one attached hydrogen (secondary N) is 1. The van der Waals surface area contributed by atoms with E-state index in [0.717, 1.165) is 19.5 Å². The van der Waals surface area contributed by atoms with Crippen LogP contribution in [0.3, 0.4) is 0 Å². The van der Waals surface area contributed by atoms with Crippen LogP contribution in [-0.2, 0) is 0 Å². The number of benzene rings is 1. The first kappa shape index (κ1) is 12.8. The summed E-state index contributed by atoms with van der Waals surface area (Å²) in [5, 5.41) is 2.88. The number of anilines is 1. The van der Waals surface area contributed by atoms with Crippen molar-refractivity contribution in [2.45, 2.75) is 6.92 Å². The van der Waals surface area contributed by atoms with Crippen LogP contribution in [0.2, 0.25) is 0 Å². The first-order valence-corrected chi connectivity index (χ1v) is 7.30. The summed E-state index contributed by atoms with van der Waals surface area (Å²) in [5.74, 6) is -0.0907. The average Bonchev–Trinajstić information content (AvgIpc) is 2.72. The van der Waals surface area contributed by atoms with Crippen molar-refractivity contribution >= 4 is 54.8 Å². The van der Waals surface area contributed by atoms with Gasteiger partial charge in [-0.15, -0.1) is 11.3 Å². The maximum atomic E-state index is 11.9. The second-order valence-electron chi connectivity index (χ2n) is 3.49. The highest BCUT2D eigenvalue weighted by molar-refractivity contribution is 9.11. The first-order chi connectivity index (χ1) is 8.08. The van der Waals surface area contributed by atoms with Crippen molar-refractivity contribution in [1.82, 2.24) is 0 Å². The molecular formula is C12H9Br2NOS. The van der Waals surface area contributed by atoms with Crippen molar-refractivity contribution in [2.24, 2.45) is 0 Å². The van der Waals surface area contributed by atoms with Crippen LogP contribution in [0.5, 0.6) is 0 Å². The van der Waals surface area contributed by atoms with E-state index in [9.17, 15) is 4.79 Å². The number of carbonyl (C=O) groups is 1. The molecule has 1 aromatic carbocycles. The van der Waals surface area contributed by atoms with Gasteiger partial charge in [-0.05, 0) is 62.5 Å². The molecule has 0 saturated carbocycles.